The van der Waals surface area contributed by atoms with E-state index in [0.717, 1.165) is 6.42 Å². The van der Waals surface area contributed by atoms with Gasteiger partial charge in [0.1, 0.15) is 16.7 Å². The van der Waals surface area contributed by atoms with E-state index in [4.69, 9.17) is 4.74 Å². The maximum absolute atomic E-state index is 13.6. The lowest BCUT2D eigenvalue weighted by atomic mass is 10.0. The van der Waals surface area contributed by atoms with E-state index >= 15 is 0 Å². The highest BCUT2D eigenvalue weighted by molar-refractivity contribution is 7.89. The lowest BCUT2D eigenvalue weighted by molar-refractivity contribution is 0.0754. The number of sulfonamides is 1. The van der Waals surface area contributed by atoms with E-state index in [1.807, 2.05) is 0 Å². The van der Waals surface area contributed by atoms with Crippen LogP contribution in [0.3, 0.4) is 0 Å². The molecule has 2 atom stereocenters. The van der Waals surface area contributed by atoms with Crippen molar-refractivity contribution in [3.8, 4) is 5.75 Å². The minimum Gasteiger partial charge on any atom is -0.487 e. The quantitative estimate of drug-likeness (QED) is 0.725. The molecule has 0 N–H and O–H groups in total. The average Bonchev–Trinajstić information content (AvgIpc) is 3.01. The Labute approximate surface area is 184 Å². The zero-order valence-electron chi connectivity index (χ0n) is 18.0. The maximum atomic E-state index is 13.6. The number of para-hydroxylation sites is 1. The van der Waals surface area contributed by atoms with Crippen LogP contribution in [0.15, 0.2) is 53.7 Å². The van der Waals surface area contributed by atoms with Crippen molar-refractivity contribution in [2.45, 2.75) is 50.2 Å². The van der Waals surface area contributed by atoms with Crippen molar-refractivity contribution in [1.29, 1.82) is 0 Å². The van der Waals surface area contributed by atoms with E-state index in [1.54, 1.807) is 58.0 Å². The second-order valence-corrected chi connectivity index (χ2v) is 10.4. The van der Waals surface area contributed by atoms with Gasteiger partial charge in [-0.3, -0.25) is 9.78 Å². The lowest BCUT2D eigenvalue weighted by Gasteiger charge is -2.32. The van der Waals surface area contributed by atoms with Gasteiger partial charge in [-0.05, 0) is 43.0 Å². The van der Waals surface area contributed by atoms with E-state index in [2.05, 4.69) is 18.8 Å². The highest BCUT2D eigenvalue weighted by atomic mass is 32.2. The van der Waals surface area contributed by atoms with Gasteiger partial charge >= 0.3 is 0 Å². The molecule has 4 rings (SSSR count). The fourth-order valence-corrected chi connectivity index (χ4v) is 6.12. The van der Waals surface area contributed by atoms with Crippen molar-refractivity contribution < 1.29 is 17.9 Å². The van der Waals surface area contributed by atoms with E-state index in [9.17, 15) is 13.2 Å². The van der Waals surface area contributed by atoms with Gasteiger partial charge in [0.05, 0.1) is 11.6 Å². The number of hydrogen-bond donors (Lipinski definition) is 0. The van der Waals surface area contributed by atoms with Crippen LogP contribution in [0.2, 0.25) is 0 Å². The number of pyridine rings is 1. The summed E-state index contributed by atoms with van der Waals surface area (Å²) in [4.78, 5) is 19.0. The molecule has 1 saturated heterocycles. The minimum atomic E-state index is -3.70. The van der Waals surface area contributed by atoms with Gasteiger partial charge < -0.3 is 9.64 Å². The molecule has 0 spiro atoms. The van der Waals surface area contributed by atoms with Crippen LogP contribution in [-0.2, 0) is 10.0 Å². The van der Waals surface area contributed by atoms with Crippen LogP contribution in [0.4, 0.5) is 0 Å². The number of aromatic nitrogens is 1. The molecule has 0 bridgehead atoms. The molecule has 0 aliphatic carbocycles. The van der Waals surface area contributed by atoms with Crippen LogP contribution in [0.1, 0.15) is 43.5 Å². The van der Waals surface area contributed by atoms with Gasteiger partial charge in [-0.15, -0.1) is 0 Å². The molecule has 2 aliphatic rings. The molecule has 1 fully saturated rings. The van der Waals surface area contributed by atoms with Crippen molar-refractivity contribution in [2.75, 3.05) is 19.6 Å². The van der Waals surface area contributed by atoms with Gasteiger partial charge in [0.25, 0.3) is 5.91 Å². The molecule has 1 amide bonds. The molecule has 7 nitrogen and oxygen atoms in total. The first-order chi connectivity index (χ1) is 14.9. The van der Waals surface area contributed by atoms with Gasteiger partial charge in [-0.1, -0.05) is 26.0 Å². The van der Waals surface area contributed by atoms with E-state index in [-0.39, 0.29) is 22.9 Å². The highest BCUT2D eigenvalue weighted by Crippen LogP contribution is 2.36. The fourth-order valence-electron chi connectivity index (χ4n) is 4.30. The Kier molecular flexibility index (Phi) is 6.29. The first kappa shape index (κ1) is 21.8. The van der Waals surface area contributed by atoms with Gasteiger partial charge in [0.2, 0.25) is 10.0 Å². The molecule has 166 valence electrons. The molecule has 1 aromatic heterocycles. The van der Waals surface area contributed by atoms with Gasteiger partial charge in [-0.2, -0.15) is 4.31 Å². The standard InChI is InChI=1S/C23H29N3O4S/c1-17(2)9-15-26-19-10-13-25(23(27)18-6-5-12-24-16-18)14-11-20(19)30-21-7-3-4-8-22(21)31(26,28)29/h3-8,12,16-17,19-20H,9-11,13-15H2,1-2H3/t19-,20-/m0/s1. The predicted octanol–water partition coefficient (Wildman–Crippen LogP) is 3.18. The molecule has 31 heavy (non-hydrogen) atoms. The number of amides is 1. The maximum Gasteiger partial charge on any atom is 0.255 e. The van der Waals surface area contributed by atoms with Gasteiger partial charge in [0.15, 0.2) is 0 Å². The summed E-state index contributed by atoms with van der Waals surface area (Å²) in [7, 11) is -3.70. The summed E-state index contributed by atoms with van der Waals surface area (Å²) >= 11 is 0. The molecule has 0 radical (unpaired) electrons. The Bertz CT molecular complexity index is 1030. The Morgan fingerprint density at radius 1 is 1.16 bits per heavy atom. The third-order valence-electron chi connectivity index (χ3n) is 6.01. The first-order valence-corrected chi connectivity index (χ1v) is 12.3. The fraction of sp³-hybridized carbons (Fsp3) is 0.478. The van der Waals surface area contributed by atoms with E-state index in [1.165, 1.54) is 0 Å². The number of nitrogens with zero attached hydrogens (tertiary/aromatic N) is 3. The SMILES string of the molecule is CC(C)CCN1[C@H]2CCN(C(=O)c3cccnc3)CC[C@@H]2Oc2ccccc2S1(=O)=O. The Morgan fingerprint density at radius 3 is 2.68 bits per heavy atom. The summed E-state index contributed by atoms with van der Waals surface area (Å²) in [6.07, 6.45) is 4.76. The Hall–Kier alpha value is -2.45. The third-order valence-corrected chi connectivity index (χ3v) is 7.98. The van der Waals surface area contributed by atoms with Crippen LogP contribution in [0.25, 0.3) is 0 Å². The van der Waals surface area contributed by atoms with Crippen molar-refractivity contribution in [1.82, 2.24) is 14.2 Å². The molecular weight excluding hydrogens is 414 g/mol. The van der Waals surface area contributed by atoms with Crippen molar-refractivity contribution in [2.24, 2.45) is 5.92 Å². The molecule has 2 aliphatic heterocycles. The molecule has 0 unspecified atom stereocenters. The average molecular weight is 444 g/mol. The zero-order valence-corrected chi connectivity index (χ0v) is 18.8. The van der Waals surface area contributed by atoms with Gasteiger partial charge in [-0.25, -0.2) is 8.42 Å². The number of likely N-dealkylation sites (tertiary alicyclic amines) is 1. The van der Waals surface area contributed by atoms with Crippen LogP contribution in [0.5, 0.6) is 5.75 Å². The number of carbonyl (C=O) groups excluding carboxylic acids is 1. The van der Waals surface area contributed by atoms with Crippen molar-refractivity contribution in [3.63, 3.8) is 0 Å². The number of benzene rings is 1. The number of carbonyl (C=O) groups is 1. The number of fused-ring (bicyclic) bond motifs is 2. The van der Waals surface area contributed by atoms with Crippen LogP contribution < -0.4 is 4.74 Å². The summed E-state index contributed by atoms with van der Waals surface area (Å²) in [6, 6.07) is 10.1. The Balaban J connectivity index is 1.65. The molecule has 3 heterocycles. The lowest BCUT2D eigenvalue weighted by Crippen LogP contribution is -2.47. The topological polar surface area (TPSA) is 79.8 Å². The summed E-state index contributed by atoms with van der Waals surface area (Å²) in [5.74, 6) is 0.695. The minimum absolute atomic E-state index is 0.0819. The second-order valence-electron chi connectivity index (χ2n) is 8.58. The summed E-state index contributed by atoms with van der Waals surface area (Å²) in [6.45, 7) is 5.61. The van der Waals surface area contributed by atoms with Crippen LogP contribution >= 0.6 is 0 Å². The van der Waals surface area contributed by atoms with E-state index in [0.29, 0.717) is 49.7 Å². The number of hydrogen-bond acceptors (Lipinski definition) is 5. The summed E-state index contributed by atoms with van der Waals surface area (Å²) < 4.78 is 35.1. The Morgan fingerprint density at radius 2 is 1.94 bits per heavy atom. The first-order valence-electron chi connectivity index (χ1n) is 10.8. The van der Waals surface area contributed by atoms with Gasteiger partial charge in [0, 0.05) is 38.4 Å². The molecule has 8 heteroatoms. The van der Waals surface area contributed by atoms with Crippen LogP contribution in [-0.4, -0.2) is 60.3 Å². The predicted molar refractivity (Wildman–Crippen MR) is 117 cm³/mol. The third kappa shape index (κ3) is 4.45. The number of rotatable bonds is 4. The highest BCUT2D eigenvalue weighted by Gasteiger charge is 2.43. The largest absolute Gasteiger partial charge is 0.487 e. The molecule has 1 aromatic carbocycles. The molecule has 0 saturated carbocycles. The summed E-state index contributed by atoms with van der Waals surface area (Å²) in [5.41, 5.74) is 0.542. The normalized spacial score (nSPS) is 23.3. The summed E-state index contributed by atoms with van der Waals surface area (Å²) in [5, 5.41) is 0. The second kappa shape index (κ2) is 8.96. The molecular formula is C23H29N3O4S. The van der Waals surface area contributed by atoms with E-state index < -0.39 is 10.0 Å². The van der Waals surface area contributed by atoms with Crippen molar-refractivity contribution in [3.05, 3.63) is 54.4 Å². The monoisotopic (exact) mass is 443 g/mol. The smallest absolute Gasteiger partial charge is 0.255 e. The molecule has 2 aromatic rings. The van der Waals surface area contributed by atoms with Crippen LogP contribution in [0, 0.1) is 5.92 Å². The zero-order chi connectivity index (χ0) is 22.0. The van der Waals surface area contributed by atoms with Crippen molar-refractivity contribution >= 4 is 15.9 Å². The number of ether oxygens (including phenoxy) is 1.